The van der Waals surface area contributed by atoms with Crippen LogP contribution in [0.4, 0.5) is 0 Å². The number of nitrogens with one attached hydrogen (secondary N) is 1. The fourth-order valence-corrected chi connectivity index (χ4v) is 2.82. The van der Waals surface area contributed by atoms with Crippen LogP contribution in [-0.2, 0) is 6.54 Å². The molecule has 0 bridgehead atoms. The van der Waals surface area contributed by atoms with Gasteiger partial charge in [0.2, 0.25) is 0 Å². The lowest BCUT2D eigenvalue weighted by atomic mass is 10.1. The van der Waals surface area contributed by atoms with Gasteiger partial charge in [0.1, 0.15) is 17.3 Å². The molecular formula is C19H23N3O2. The number of benzene rings is 1. The number of aromatic amines is 1. The van der Waals surface area contributed by atoms with Gasteiger partial charge in [-0.25, -0.2) is 4.98 Å². The zero-order valence-electron chi connectivity index (χ0n) is 14.4. The Morgan fingerprint density at radius 1 is 1.25 bits per heavy atom. The Labute approximate surface area is 141 Å². The number of hydrogen-bond acceptors (Lipinski definition) is 4. The van der Waals surface area contributed by atoms with E-state index in [1.807, 2.05) is 44.3 Å². The van der Waals surface area contributed by atoms with Gasteiger partial charge < -0.3 is 9.40 Å². The van der Waals surface area contributed by atoms with Crippen LogP contribution in [0.5, 0.6) is 0 Å². The molecule has 0 unspecified atom stereocenters. The molecule has 3 rings (SSSR count). The summed E-state index contributed by atoms with van der Waals surface area (Å²) < 4.78 is 5.68. The molecule has 0 aliphatic rings. The molecule has 2 heterocycles. The van der Waals surface area contributed by atoms with Crippen molar-refractivity contribution in [2.75, 3.05) is 13.6 Å². The van der Waals surface area contributed by atoms with E-state index in [0.717, 1.165) is 30.0 Å². The van der Waals surface area contributed by atoms with Gasteiger partial charge in [0.05, 0.1) is 17.4 Å². The van der Waals surface area contributed by atoms with Gasteiger partial charge in [0, 0.05) is 5.92 Å². The Morgan fingerprint density at radius 3 is 2.79 bits per heavy atom. The summed E-state index contributed by atoms with van der Waals surface area (Å²) in [6.45, 7) is 5.65. The first-order chi connectivity index (χ1) is 11.5. The third-order valence-electron chi connectivity index (χ3n) is 4.27. The highest BCUT2D eigenvalue weighted by atomic mass is 16.3. The van der Waals surface area contributed by atoms with E-state index in [1.54, 1.807) is 6.07 Å². The Kier molecular flexibility index (Phi) is 4.81. The Bertz CT molecular complexity index is 881. The van der Waals surface area contributed by atoms with Crippen LogP contribution in [0.1, 0.15) is 36.6 Å². The van der Waals surface area contributed by atoms with Crippen molar-refractivity contribution in [1.29, 1.82) is 0 Å². The Balaban J connectivity index is 1.62. The largest absolute Gasteiger partial charge is 0.466 e. The lowest BCUT2D eigenvalue weighted by Crippen LogP contribution is -2.23. The first-order valence-corrected chi connectivity index (χ1v) is 8.26. The topological polar surface area (TPSA) is 62.1 Å². The minimum absolute atomic E-state index is 0.0802. The number of aryl methyl sites for hydroxylation is 1. The van der Waals surface area contributed by atoms with Crippen molar-refractivity contribution in [3.63, 3.8) is 0 Å². The molecule has 0 radical (unpaired) electrons. The second-order valence-corrected chi connectivity index (χ2v) is 6.41. The van der Waals surface area contributed by atoms with Crippen LogP contribution in [0.15, 0.2) is 45.6 Å². The van der Waals surface area contributed by atoms with Crippen LogP contribution in [0, 0.1) is 6.92 Å². The van der Waals surface area contributed by atoms with Gasteiger partial charge in [0.25, 0.3) is 5.56 Å². The summed E-state index contributed by atoms with van der Waals surface area (Å²) in [7, 11) is 2.04. The summed E-state index contributed by atoms with van der Waals surface area (Å²) in [5.74, 6) is 3.04. The molecular weight excluding hydrogens is 302 g/mol. The van der Waals surface area contributed by atoms with Gasteiger partial charge in [-0.3, -0.25) is 9.69 Å². The molecule has 0 spiro atoms. The standard InChI is InChI=1S/C19H23N3O2/c1-13(17-9-8-14(2)24-17)10-11-22(3)12-18-20-16-7-5-4-6-15(16)19(23)21-18/h4-9,13H,10-12H2,1-3H3,(H,20,21,23)/t13-/m1/s1. The van der Waals surface area contributed by atoms with Crippen molar-refractivity contribution in [2.24, 2.45) is 0 Å². The molecule has 126 valence electrons. The monoisotopic (exact) mass is 325 g/mol. The number of H-pyrrole nitrogens is 1. The first-order valence-electron chi connectivity index (χ1n) is 8.26. The van der Waals surface area contributed by atoms with E-state index in [2.05, 4.69) is 21.8 Å². The molecule has 0 saturated carbocycles. The second kappa shape index (κ2) is 7.01. The van der Waals surface area contributed by atoms with E-state index in [4.69, 9.17) is 4.42 Å². The summed E-state index contributed by atoms with van der Waals surface area (Å²) in [6.07, 6.45) is 0.987. The van der Waals surface area contributed by atoms with Crippen LogP contribution < -0.4 is 5.56 Å². The first kappa shape index (κ1) is 16.5. The quantitative estimate of drug-likeness (QED) is 0.754. The van der Waals surface area contributed by atoms with Gasteiger partial charge in [-0.15, -0.1) is 0 Å². The van der Waals surface area contributed by atoms with Crippen LogP contribution in [0.2, 0.25) is 0 Å². The second-order valence-electron chi connectivity index (χ2n) is 6.41. The number of furan rings is 1. The summed E-state index contributed by atoms with van der Waals surface area (Å²) in [6, 6.07) is 11.5. The van der Waals surface area contributed by atoms with Crippen molar-refractivity contribution in [1.82, 2.24) is 14.9 Å². The van der Waals surface area contributed by atoms with E-state index in [0.29, 0.717) is 23.7 Å². The number of hydrogen-bond donors (Lipinski definition) is 1. The van der Waals surface area contributed by atoms with E-state index in [-0.39, 0.29) is 5.56 Å². The molecule has 5 nitrogen and oxygen atoms in total. The van der Waals surface area contributed by atoms with Crippen LogP contribution in [0.3, 0.4) is 0 Å². The molecule has 0 fully saturated rings. The molecule has 24 heavy (non-hydrogen) atoms. The molecule has 1 atom stereocenters. The van der Waals surface area contributed by atoms with E-state index in [9.17, 15) is 4.79 Å². The summed E-state index contributed by atoms with van der Waals surface area (Å²) in [5.41, 5.74) is 0.660. The highest BCUT2D eigenvalue weighted by Crippen LogP contribution is 2.21. The number of rotatable bonds is 6. The minimum atomic E-state index is -0.0802. The number of fused-ring (bicyclic) bond motifs is 1. The van der Waals surface area contributed by atoms with Crippen LogP contribution >= 0.6 is 0 Å². The molecule has 2 aromatic heterocycles. The van der Waals surface area contributed by atoms with Crippen LogP contribution in [-0.4, -0.2) is 28.5 Å². The smallest absolute Gasteiger partial charge is 0.258 e. The molecule has 1 N–H and O–H groups in total. The molecule has 0 amide bonds. The SMILES string of the molecule is Cc1ccc([C@H](C)CCN(C)Cc2nc3ccccc3c(=O)[nH]2)o1. The van der Waals surface area contributed by atoms with E-state index in [1.165, 1.54) is 0 Å². The Hall–Kier alpha value is -2.40. The molecule has 3 aromatic rings. The zero-order chi connectivity index (χ0) is 17.1. The molecule has 5 heteroatoms. The summed E-state index contributed by atoms with van der Waals surface area (Å²) in [4.78, 5) is 21.7. The van der Waals surface area contributed by atoms with Gasteiger partial charge >= 0.3 is 0 Å². The van der Waals surface area contributed by atoms with E-state index < -0.39 is 0 Å². The maximum absolute atomic E-state index is 12.1. The fraction of sp³-hybridized carbons (Fsp3) is 0.368. The fourth-order valence-electron chi connectivity index (χ4n) is 2.82. The normalized spacial score (nSPS) is 12.8. The number of para-hydroxylation sites is 1. The Morgan fingerprint density at radius 2 is 2.04 bits per heavy atom. The molecule has 0 aliphatic carbocycles. The minimum Gasteiger partial charge on any atom is -0.466 e. The lowest BCUT2D eigenvalue weighted by Gasteiger charge is -2.18. The zero-order valence-corrected chi connectivity index (χ0v) is 14.4. The van der Waals surface area contributed by atoms with Crippen molar-refractivity contribution in [2.45, 2.75) is 32.7 Å². The van der Waals surface area contributed by atoms with E-state index >= 15 is 0 Å². The summed E-state index contributed by atoms with van der Waals surface area (Å²) >= 11 is 0. The highest BCUT2D eigenvalue weighted by Gasteiger charge is 2.12. The van der Waals surface area contributed by atoms with Crippen molar-refractivity contribution >= 4 is 10.9 Å². The van der Waals surface area contributed by atoms with Crippen LogP contribution in [0.25, 0.3) is 10.9 Å². The predicted molar refractivity (Wildman–Crippen MR) is 95.2 cm³/mol. The van der Waals surface area contributed by atoms with Gasteiger partial charge in [-0.1, -0.05) is 19.1 Å². The van der Waals surface area contributed by atoms with Crippen molar-refractivity contribution < 1.29 is 4.42 Å². The highest BCUT2D eigenvalue weighted by molar-refractivity contribution is 5.77. The number of aromatic nitrogens is 2. The number of nitrogens with zero attached hydrogens (tertiary/aromatic N) is 2. The maximum atomic E-state index is 12.1. The van der Waals surface area contributed by atoms with Gasteiger partial charge in [-0.2, -0.15) is 0 Å². The summed E-state index contributed by atoms with van der Waals surface area (Å²) in [5, 5.41) is 0.630. The third kappa shape index (κ3) is 3.74. The van der Waals surface area contributed by atoms with Gasteiger partial charge in [-0.05, 0) is 51.2 Å². The lowest BCUT2D eigenvalue weighted by molar-refractivity contribution is 0.298. The molecule has 1 aromatic carbocycles. The average Bonchev–Trinajstić information content (AvgIpc) is 2.99. The molecule has 0 saturated heterocycles. The van der Waals surface area contributed by atoms with Gasteiger partial charge in [0.15, 0.2) is 0 Å². The predicted octanol–water partition coefficient (Wildman–Crippen LogP) is 3.45. The maximum Gasteiger partial charge on any atom is 0.258 e. The third-order valence-corrected chi connectivity index (χ3v) is 4.27. The average molecular weight is 325 g/mol. The van der Waals surface area contributed by atoms with Crippen molar-refractivity contribution in [3.8, 4) is 0 Å². The van der Waals surface area contributed by atoms with Crippen molar-refractivity contribution in [3.05, 3.63) is 64.1 Å². The molecule has 0 aliphatic heterocycles.